The number of nitriles is 1. The molecule has 20 heteroatoms. The maximum absolute atomic E-state index is 13.0. The quantitative estimate of drug-likeness (QED) is 0.105. The lowest BCUT2D eigenvalue weighted by atomic mass is 10.1. The highest BCUT2D eigenvalue weighted by Gasteiger charge is 2.26. The molecule has 73 heavy (non-hydrogen) atoms. The zero-order valence-electron chi connectivity index (χ0n) is 39.6. The molecule has 4 aromatic carbocycles. The molecule has 1 saturated heterocycles. The number of nitrogens with zero attached hydrogens (tertiary/aromatic N) is 12. The van der Waals surface area contributed by atoms with Gasteiger partial charge in [-0.15, -0.1) is 0 Å². The molecule has 0 spiro atoms. The van der Waals surface area contributed by atoms with Crippen LogP contribution in [0.15, 0.2) is 163 Å². The number of methoxy groups -OCH3 is 2. The molecule has 0 aliphatic carbocycles. The second-order valence-corrected chi connectivity index (χ2v) is 18.4. The van der Waals surface area contributed by atoms with Gasteiger partial charge in [0.25, 0.3) is 0 Å². The molecule has 0 amide bonds. The largest absolute Gasteiger partial charge is 0.491 e. The number of aromatic nitrogens is 10. The molecule has 364 valence electrons. The third kappa shape index (κ3) is 10.5. The molecule has 0 atom stereocenters. The molecule has 1 aliphatic rings. The molecular weight excluding hydrogens is 945 g/mol. The van der Waals surface area contributed by atoms with Crippen LogP contribution in [-0.4, -0.2) is 103 Å². The van der Waals surface area contributed by atoms with Crippen molar-refractivity contribution in [3.8, 4) is 40.6 Å². The molecule has 19 nitrogen and oxygen atoms in total. The summed E-state index contributed by atoms with van der Waals surface area (Å²) in [4.78, 5) is 26.9. The van der Waals surface area contributed by atoms with Crippen LogP contribution in [0.4, 0.5) is 23.0 Å². The van der Waals surface area contributed by atoms with E-state index in [-0.39, 0.29) is 4.90 Å². The normalized spacial score (nSPS) is 12.7. The summed E-state index contributed by atoms with van der Waals surface area (Å²) in [6.45, 7) is 2.54. The summed E-state index contributed by atoms with van der Waals surface area (Å²) in [5.41, 5.74) is 7.43. The average molecular weight is 991 g/mol. The van der Waals surface area contributed by atoms with Gasteiger partial charge >= 0.3 is 0 Å². The standard InChI is InChI=1S/C28H27N7O4S.C25H19N7O/c1-38-25-18-30-28(32-27(25)31-21-10-12-29-13-11-21)26-23-4-2-3-5-24(23)35(33-26)19-20-6-8-22(9-7-20)40(36,37)34-14-16-39-17-15-34;1-33-22-15-28-25(30-24(22)29-19-10-12-27-13-11-19)23-20-4-2-3-5-21(20)32(31-23)16-18-8-6-17(14-26)7-9-18/h2-13,18H,14-17,19H2,1H3,(H,29,30,31,32);2-13,15H,16H2,1H3,(H,27,28,29,30). The SMILES string of the molecule is COc1cnc(-c2nn(Cc3ccc(C#N)cc3)c3ccccc23)nc1Nc1ccncc1.COc1cnc(-c2nn(Cc3ccc(S(=O)(=O)N4CCOCC4)cc3)c3ccccc23)nc1Nc1ccncc1. The van der Waals surface area contributed by atoms with Crippen LogP contribution in [0.5, 0.6) is 11.5 Å². The Labute approximate surface area is 419 Å². The highest BCUT2D eigenvalue weighted by Crippen LogP contribution is 2.33. The average Bonchev–Trinajstić information content (AvgIpc) is 4.00. The molecule has 1 aliphatic heterocycles. The third-order valence-corrected chi connectivity index (χ3v) is 13.8. The zero-order chi connectivity index (χ0) is 50.2. The Hall–Kier alpha value is -9.16. The number of hydrogen-bond donors (Lipinski definition) is 2. The number of fused-ring (bicyclic) bond motifs is 2. The minimum Gasteiger partial charge on any atom is -0.491 e. The van der Waals surface area contributed by atoms with Crippen molar-refractivity contribution in [2.24, 2.45) is 0 Å². The number of sulfonamides is 1. The number of anilines is 4. The lowest BCUT2D eigenvalue weighted by Crippen LogP contribution is -2.40. The van der Waals surface area contributed by atoms with E-state index < -0.39 is 10.0 Å². The van der Waals surface area contributed by atoms with Gasteiger partial charge in [0.2, 0.25) is 10.0 Å². The minimum atomic E-state index is -3.56. The van der Waals surface area contributed by atoms with Crippen LogP contribution in [0.1, 0.15) is 16.7 Å². The molecule has 0 saturated carbocycles. The van der Waals surface area contributed by atoms with Gasteiger partial charge < -0.3 is 24.8 Å². The summed E-state index contributed by atoms with van der Waals surface area (Å²) in [5.74, 6) is 3.00. The second kappa shape index (κ2) is 21.5. The van der Waals surface area contributed by atoms with Crippen LogP contribution < -0.4 is 20.1 Å². The van der Waals surface area contributed by atoms with Gasteiger partial charge in [0.1, 0.15) is 11.4 Å². The van der Waals surface area contributed by atoms with Crippen molar-refractivity contribution in [1.29, 1.82) is 5.26 Å². The number of ether oxygens (including phenoxy) is 3. The van der Waals surface area contributed by atoms with E-state index in [0.717, 1.165) is 44.3 Å². The summed E-state index contributed by atoms with van der Waals surface area (Å²) in [7, 11) is -0.408. The topological polar surface area (TPSA) is 226 Å². The maximum Gasteiger partial charge on any atom is 0.243 e. The first kappa shape index (κ1) is 47.5. The summed E-state index contributed by atoms with van der Waals surface area (Å²) in [6, 6.07) is 39.8. The van der Waals surface area contributed by atoms with E-state index in [2.05, 4.69) is 36.6 Å². The lowest BCUT2D eigenvalue weighted by Gasteiger charge is -2.26. The van der Waals surface area contributed by atoms with E-state index in [0.29, 0.717) is 91.1 Å². The molecule has 10 aromatic rings. The van der Waals surface area contributed by atoms with Crippen LogP contribution in [-0.2, 0) is 27.8 Å². The Morgan fingerprint density at radius 3 is 1.52 bits per heavy atom. The maximum atomic E-state index is 13.0. The highest BCUT2D eigenvalue weighted by molar-refractivity contribution is 7.89. The Balaban J connectivity index is 0.000000171. The molecule has 1 fully saturated rings. The van der Waals surface area contributed by atoms with E-state index >= 15 is 0 Å². The van der Waals surface area contributed by atoms with E-state index in [1.165, 1.54) is 4.31 Å². The van der Waals surface area contributed by atoms with Crippen molar-refractivity contribution in [2.75, 3.05) is 51.2 Å². The zero-order valence-corrected chi connectivity index (χ0v) is 40.4. The molecule has 11 rings (SSSR count). The Morgan fingerprint density at radius 2 is 1.07 bits per heavy atom. The first-order chi connectivity index (χ1) is 35.8. The van der Waals surface area contributed by atoms with E-state index in [1.54, 1.807) is 63.5 Å². The number of benzene rings is 4. The Bertz CT molecular complexity index is 3680. The molecule has 0 unspecified atom stereocenters. The Kier molecular flexibility index (Phi) is 14.0. The van der Waals surface area contributed by atoms with Crippen molar-refractivity contribution in [3.05, 3.63) is 175 Å². The minimum absolute atomic E-state index is 0.269. The van der Waals surface area contributed by atoms with Crippen molar-refractivity contribution in [1.82, 2.24) is 53.8 Å². The van der Waals surface area contributed by atoms with Gasteiger partial charge in [-0.1, -0.05) is 60.7 Å². The van der Waals surface area contributed by atoms with Crippen LogP contribution >= 0.6 is 0 Å². The highest BCUT2D eigenvalue weighted by atomic mass is 32.2. The molecule has 2 N–H and O–H groups in total. The fraction of sp³-hybridized carbons (Fsp3) is 0.151. The number of rotatable bonds is 14. The molecule has 6 aromatic heterocycles. The van der Waals surface area contributed by atoms with Gasteiger partial charge in [0, 0.05) is 60.0 Å². The molecule has 7 heterocycles. The predicted molar refractivity (Wildman–Crippen MR) is 275 cm³/mol. The number of hydrogen-bond acceptors (Lipinski definition) is 16. The molecule has 0 radical (unpaired) electrons. The number of morpholine rings is 1. The van der Waals surface area contributed by atoms with E-state index in [4.69, 9.17) is 39.6 Å². The van der Waals surface area contributed by atoms with Gasteiger partial charge in [-0.2, -0.15) is 19.8 Å². The van der Waals surface area contributed by atoms with Crippen LogP contribution in [0.3, 0.4) is 0 Å². The van der Waals surface area contributed by atoms with E-state index in [9.17, 15) is 8.42 Å². The van der Waals surface area contributed by atoms with Crippen LogP contribution in [0.2, 0.25) is 0 Å². The lowest BCUT2D eigenvalue weighted by molar-refractivity contribution is 0.0730. The third-order valence-electron chi connectivity index (χ3n) is 11.9. The second-order valence-electron chi connectivity index (χ2n) is 16.5. The number of nitrogens with one attached hydrogen (secondary N) is 2. The first-order valence-corrected chi connectivity index (χ1v) is 24.5. The van der Waals surface area contributed by atoms with Gasteiger partial charge in [-0.25, -0.2) is 28.4 Å². The van der Waals surface area contributed by atoms with Crippen molar-refractivity contribution in [3.63, 3.8) is 0 Å². The van der Waals surface area contributed by atoms with Gasteiger partial charge in [-0.05, 0) is 71.8 Å². The summed E-state index contributed by atoms with van der Waals surface area (Å²) < 4.78 is 47.5. The van der Waals surface area contributed by atoms with Crippen molar-refractivity contribution in [2.45, 2.75) is 18.0 Å². The summed E-state index contributed by atoms with van der Waals surface area (Å²) in [5, 5.41) is 27.1. The number of pyridine rings is 2. The van der Waals surface area contributed by atoms with Crippen molar-refractivity contribution >= 4 is 54.8 Å². The van der Waals surface area contributed by atoms with Gasteiger partial charge in [0.15, 0.2) is 34.8 Å². The van der Waals surface area contributed by atoms with Crippen molar-refractivity contribution < 1.29 is 22.6 Å². The molecular formula is C53H46N14O5S. The molecule has 0 bridgehead atoms. The fourth-order valence-corrected chi connectivity index (χ4v) is 9.56. The van der Waals surface area contributed by atoms with Gasteiger partial charge in [0.05, 0.1) is 80.5 Å². The smallest absolute Gasteiger partial charge is 0.243 e. The monoisotopic (exact) mass is 990 g/mol. The summed E-state index contributed by atoms with van der Waals surface area (Å²) >= 11 is 0. The predicted octanol–water partition coefficient (Wildman–Crippen LogP) is 8.27. The van der Waals surface area contributed by atoms with Gasteiger partial charge in [-0.3, -0.25) is 19.3 Å². The van der Waals surface area contributed by atoms with Crippen LogP contribution in [0, 0.1) is 11.3 Å². The Morgan fingerprint density at radius 1 is 0.616 bits per heavy atom. The first-order valence-electron chi connectivity index (χ1n) is 23.0. The van der Waals surface area contributed by atoms with Crippen LogP contribution in [0.25, 0.3) is 44.8 Å². The number of para-hydroxylation sites is 2. The summed E-state index contributed by atoms with van der Waals surface area (Å²) in [6.07, 6.45) is 10.0. The fourth-order valence-electron chi connectivity index (χ4n) is 8.15. The van der Waals surface area contributed by atoms with E-state index in [1.807, 2.05) is 119 Å².